The standard InChI is InChI=1S/C16H17ClN2O2/c1-3-12-7-9-13(10-8-12)11(2)18-15-6-4-5-14(17)16(15)19(20)21/h4-11,18H,3H2,1-2H3. The number of anilines is 1. The highest BCUT2D eigenvalue weighted by atomic mass is 35.5. The molecule has 2 aromatic rings. The molecule has 0 saturated carbocycles. The maximum Gasteiger partial charge on any atom is 0.310 e. The number of rotatable bonds is 5. The highest BCUT2D eigenvalue weighted by Crippen LogP contribution is 2.34. The third-order valence-corrected chi connectivity index (χ3v) is 3.73. The van der Waals surface area contributed by atoms with Crippen molar-refractivity contribution in [2.75, 3.05) is 5.32 Å². The third kappa shape index (κ3) is 3.52. The second kappa shape index (κ2) is 6.59. The number of nitro groups is 1. The molecule has 0 aliphatic heterocycles. The van der Waals surface area contributed by atoms with Gasteiger partial charge in [-0.25, -0.2) is 0 Å². The number of nitrogens with one attached hydrogen (secondary N) is 1. The van der Waals surface area contributed by atoms with Crippen LogP contribution in [0.5, 0.6) is 0 Å². The third-order valence-electron chi connectivity index (χ3n) is 3.43. The van der Waals surface area contributed by atoms with Crippen molar-refractivity contribution in [3.05, 3.63) is 68.7 Å². The zero-order valence-corrected chi connectivity index (χ0v) is 12.7. The minimum absolute atomic E-state index is 0.0481. The van der Waals surface area contributed by atoms with Crippen LogP contribution in [0.3, 0.4) is 0 Å². The van der Waals surface area contributed by atoms with E-state index in [-0.39, 0.29) is 16.8 Å². The molecule has 4 nitrogen and oxygen atoms in total. The monoisotopic (exact) mass is 304 g/mol. The van der Waals surface area contributed by atoms with E-state index in [4.69, 9.17) is 11.6 Å². The van der Waals surface area contributed by atoms with Gasteiger partial charge in [-0.2, -0.15) is 0 Å². The van der Waals surface area contributed by atoms with Gasteiger partial charge < -0.3 is 5.32 Å². The molecule has 0 aliphatic carbocycles. The van der Waals surface area contributed by atoms with Crippen molar-refractivity contribution >= 4 is 23.0 Å². The summed E-state index contributed by atoms with van der Waals surface area (Å²) in [6.07, 6.45) is 0.988. The zero-order valence-electron chi connectivity index (χ0n) is 12.0. The lowest BCUT2D eigenvalue weighted by Crippen LogP contribution is -2.08. The molecule has 0 radical (unpaired) electrons. The summed E-state index contributed by atoms with van der Waals surface area (Å²) in [5.41, 5.74) is 2.68. The minimum atomic E-state index is -0.461. The van der Waals surface area contributed by atoms with Crippen LogP contribution in [0, 0.1) is 10.1 Å². The lowest BCUT2D eigenvalue weighted by molar-refractivity contribution is -0.383. The number of benzene rings is 2. The first-order chi connectivity index (χ1) is 10.0. The van der Waals surface area contributed by atoms with Gasteiger partial charge in [0.05, 0.1) is 4.92 Å². The molecule has 0 fully saturated rings. The summed E-state index contributed by atoms with van der Waals surface area (Å²) in [7, 11) is 0. The Morgan fingerprint density at radius 1 is 1.24 bits per heavy atom. The Balaban J connectivity index is 2.24. The number of nitro benzene ring substituents is 1. The quantitative estimate of drug-likeness (QED) is 0.626. The van der Waals surface area contributed by atoms with E-state index >= 15 is 0 Å². The van der Waals surface area contributed by atoms with Gasteiger partial charge in [0, 0.05) is 6.04 Å². The molecule has 0 amide bonds. The highest BCUT2D eigenvalue weighted by Gasteiger charge is 2.19. The van der Waals surface area contributed by atoms with Crippen LogP contribution in [0.2, 0.25) is 5.02 Å². The summed E-state index contributed by atoms with van der Waals surface area (Å²) in [4.78, 5) is 10.7. The van der Waals surface area contributed by atoms with Crippen LogP contribution in [-0.4, -0.2) is 4.92 Å². The smallest absolute Gasteiger partial charge is 0.310 e. The summed E-state index contributed by atoms with van der Waals surface area (Å²) < 4.78 is 0. The van der Waals surface area contributed by atoms with E-state index in [0.29, 0.717) is 5.69 Å². The van der Waals surface area contributed by atoms with E-state index < -0.39 is 4.92 Å². The Labute approximate surface area is 128 Å². The highest BCUT2D eigenvalue weighted by molar-refractivity contribution is 6.33. The fourth-order valence-corrected chi connectivity index (χ4v) is 2.42. The van der Waals surface area contributed by atoms with Crippen LogP contribution in [-0.2, 0) is 6.42 Å². The van der Waals surface area contributed by atoms with E-state index in [9.17, 15) is 10.1 Å². The summed E-state index contributed by atoms with van der Waals surface area (Å²) in [6, 6.07) is 13.0. The van der Waals surface area contributed by atoms with Gasteiger partial charge >= 0.3 is 5.69 Å². The second-order valence-corrected chi connectivity index (χ2v) is 5.26. The van der Waals surface area contributed by atoms with E-state index in [1.54, 1.807) is 12.1 Å². The van der Waals surface area contributed by atoms with Crippen LogP contribution >= 0.6 is 11.6 Å². The average molecular weight is 305 g/mol. The summed E-state index contributed by atoms with van der Waals surface area (Å²) in [5, 5.41) is 14.4. The zero-order chi connectivity index (χ0) is 15.4. The van der Waals surface area contributed by atoms with Crippen molar-refractivity contribution in [2.24, 2.45) is 0 Å². The number of hydrogen-bond acceptors (Lipinski definition) is 3. The molecule has 5 heteroatoms. The predicted molar refractivity (Wildman–Crippen MR) is 86.0 cm³/mol. The van der Waals surface area contributed by atoms with Gasteiger partial charge in [-0.3, -0.25) is 10.1 Å². The molecule has 2 rings (SSSR count). The van der Waals surface area contributed by atoms with Crippen LogP contribution in [0.4, 0.5) is 11.4 Å². The van der Waals surface area contributed by atoms with Gasteiger partial charge in [-0.15, -0.1) is 0 Å². The molecule has 1 unspecified atom stereocenters. The molecular weight excluding hydrogens is 288 g/mol. The predicted octanol–water partition coefficient (Wildman–Crippen LogP) is 4.98. The first-order valence-electron chi connectivity index (χ1n) is 6.81. The van der Waals surface area contributed by atoms with Crippen molar-refractivity contribution in [1.82, 2.24) is 0 Å². The largest absolute Gasteiger partial charge is 0.373 e. The van der Waals surface area contributed by atoms with E-state index in [1.165, 1.54) is 11.6 Å². The molecule has 0 bridgehead atoms. The van der Waals surface area contributed by atoms with E-state index in [1.807, 2.05) is 19.1 Å². The Hall–Kier alpha value is -2.07. The van der Waals surface area contributed by atoms with Crippen molar-refractivity contribution in [3.8, 4) is 0 Å². The van der Waals surface area contributed by atoms with Gasteiger partial charge in [0.1, 0.15) is 10.7 Å². The molecule has 0 saturated heterocycles. The van der Waals surface area contributed by atoms with Crippen LogP contribution in [0.1, 0.15) is 31.0 Å². The molecule has 1 atom stereocenters. The fraction of sp³-hybridized carbons (Fsp3) is 0.250. The van der Waals surface area contributed by atoms with Crippen LogP contribution < -0.4 is 5.32 Å². The fourth-order valence-electron chi connectivity index (χ4n) is 2.18. The number of para-hydroxylation sites is 1. The maximum absolute atomic E-state index is 11.1. The number of halogens is 1. The van der Waals surface area contributed by atoms with Gasteiger partial charge in [0.15, 0.2) is 0 Å². The van der Waals surface area contributed by atoms with Crippen molar-refractivity contribution < 1.29 is 4.92 Å². The molecular formula is C16H17ClN2O2. The summed E-state index contributed by atoms with van der Waals surface area (Å²) >= 11 is 5.91. The van der Waals surface area contributed by atoms with Gasteiger partial charge in [0.2, 0.25) is 0 Å². The molecule has 21 heavy (non-hydrogen) atoms. The second-order valence-electron chi connectivity index (χ2n) is 4.85. The molecule has 0 heterocycles. The first kappa shape index (κ1) is 15.3. The van der Waals surface area contributed by atoms with E-state index in [2.05, 4.69) is 24.4 Å². The Morgan fingerprint density at radius 3 is 2.48 bits per heavy atom. The first-order valence-corrected chi connectivity index (χ1v) is 7.19. The molecule has 2 aromatic carbocycles. The number of aryl methyl sites for hydroxylation is 1. The van der Waals surface area contributed by atoms with Gasteiger partial charge in [-0.05, 0) is 36.6 Å². The van der Waals surface area contributed by atoms with Crippen LogP contribution in [0.15, 0.2) is 42.5 Å². The summed E-state index contributed by atoms with van der Waals surface area (Å²) in [6.45, 7) is 4.07. The Morgan fingerprint density at radius 2 is 1.90 bits per heavy atom. The Kier molecular flexibility index (Phi) is 4.81. The van der Waals surface area contributed by atoms with E-state index in [0.717, 1.165) is 12.0 Å². The number of nitrogens with zero attached hydrogens (tertiary/aromatic N) is 1. The molecule has 0 spiro atoms. The molecule has 1 N–H and O–H groups in total. The lowest BCUT2D eigenvalue weighted by atomic mass is 10.0. The minimum Gasteiger partial charge on any atom is -0.373 e. The molecule has 0 aliphatic rings. The average Bonchev–Trinajstić information content (AvgIpc) is 2.47. The van der Waals surface area contributed by atoms with Gasteiger partial charge in [-0.1, -0.05) is 48.9 Å². The lowest BCUT2D eigenvalue weighted by Gasteiger charge is -2.16. The maximum atomic E-state index is 11.1. The van der Waals surface area contributed by atoms with Crippen LogP contribution in [0.25, 0.3) is 0 Å². The normalized spacial score (nSPS) is 12.0. The van der Waals surface area contributed by atoms with Gasteiger partial charge in [0.25, 0.3) is 0 Å². The number of hydrogen-bond donors (Lipinski definition) is 1. The Bertz CT molecular complexity index is 641. The summed E-state index contributed by atoms with van der Waals surface area (Å²) in [5.74, 6) is 0. The van der Waals surface area contributed by atoms with Crippen molar-refractivity contribution in [1.29, 1.82) is 0 Å². The molecule has 0 aromatic heterocycles. The topological polar surface area (TPSA) is 55.2 Å². The molecule has 110 valence electrons. The van der Waals surface area contributed by atoms with Crippen molar-refractivity contribution in [2.45, 2.75) is 26.3 Å². The van der Waals surface area contributed by atoms with Crippen molar-refractivity contribution in [3.63, 3.8) is 0 Å². The SMILES string of the molecule is CCc1ccc(C(C)Nc2cccc(Cl)c2[N+](=O)[O-])cc1.